The molecule has 0 spiro atoms. The molecule has 1 unspecified atom stereocenters. The monoisotopic (exact) mass is 392 g/mol. The fraction of sp³-hybridized carbons (Fsp3) is 0.409. The molecule has 2 saturated heterocycles. The van der Waals surface area contributed by atoms with Gasteiger partial charge in [0.2, 0.25) is 0 Å². The minimum atomic E-state index is 0.0110. The maximum absolute atomic E-state index is 12.8. The van der Waals surface area contributed by atoms with Crippen molar-refractivity contribution in [2.24, 2.45) is 0 Å². The lowest BCUT2D eigenvalue weighted by Crippen LogP contribution is -2.49. The van der Waals surface area contributed by atoms with E-state index in [4.69, 9.17) is 9.47 Å². The summed E-state index contributed by atoms with van der Waals surface area (Å²) in [6, 6.07) is 13.0. The Balaban J connectivity index is 1.31. The zero-order valence-electron chi connectivity index (χ0n) is 16.3. The van der Waals surface area contributed by atoms with Gasteiger partial charge in [0, 0.05) is 44.5 Å². The SMILES string of the molecule is N#Cc1cccnc1N1CCN(C(=O)c2ccc(OCC3CCCO3)cc2)CC1. The number of nitrogens with zero attached hydrogens (tertiary/aromatic N) is 4. The Morgan fingerprint density at radius 2 is 2.00 bits per heavy atom. The molecule has 4 rings (SSSR count). The maximum Gasteiger partial charge on any atom is 0.253 e. The Kier molecular flexibility index (Phi) is 5.92. The molecule has 2 fully saturated rings. The summed E-state index contributed by atoms with van der Waals surface area (Å²) in [5.74, 6) is 1.45. The summed E-state index contributed by atoms with van der Waals surface area (Å²) >= 11 is 0. The number of pyridine rings is 1. The van der Waals surface area contributed by atoms with Gasteiger partial charge in [-0.2, -0.15) is 5.26 Å². The van der Waals surface area contributed by atoms with Crippen LogP contribution in [0.4, 0.5) is 5.82 Å². The Hall–Kier alpha value is -3.11. The van der Waals surface area contributed by atoms with Crippen LogP contribution in [0, 0.1) is 11.3 Å². The lowest BCUT2D eigenvalue weighted by atomic mass is 10.1. The quantitative estimate of drug-likeness (QED) is 0.778. The molecular formula is C22H24N4O3. The molecular weight excluding hydrogens is 368 g/mol. The number of piperazine rings is 1. The fourth-order valence-corrected chi connectivity index (χ4v) is 3.70. The van der Waals surface area contributed by atoms with Gasteiger partial charge in [0.25, 0.3) is 5.91 Å². The molecule has 0 radical (unpaired) electrons. The molecule has 3 heterocycles. The Bertz CT molecular complexity index is 880. The number of hydrogen-bond donors (Lipinski definition) is 0. The highest BCUT2D eigenvalue weighted by Crippen LogP contribution is 2.20. The summed E-state index contributed by atoms with van der Waals surface area (Å²) in [5.41, 5.74) is 1.21. The van der Waals surface area contributed by atoms with Crippen molar-refractivity contribution in [1.29, 1.82) is 5.26 Å². The topological polar surface area (TPSA) is 78.7 Å². The third-order valence-corrected chi connectivity index (χ3v) is 5.33. The molecule has 1 amide bonds. The number of carbonyl (C=O) groups excluding carboxylic acids is 1. The van der Waals surface area contributed by atoms with Gasteiger partial charge in [-0.1, -0.05) is 0 Å². The second-order valence-electron chi connectivity index (χ2n) is 7.24. The van der Waals surface area contributed by atoms with Gasteiger partial charge in [0.05, 0.1) is 11.7 Å². The minimum Gasteiger partial charge on any atom is -0.491 e. The summed E-state index contributed by atoms with van der Waals surface area (Å²) < 4.78 is 11.3. The van der Waals surface area contributed by atoms with Gasteiger partial charge in [-0.3, -0.25) is 4.79 Å². The summed E-state index contributed by atoms with van der Waals surface area (Å²) in [6.45, 7) is 3.86. The van der Waals surface area contributed by atoms with Crippen LogP contribution < -0.4 is 9.64 Å². The fourth-order valence-electron chi connectivity index (χ4n) is 3.70. The van der Waals surface area contributed by atoms with Crippen LogP contribution in [0.3, 0.4) is 0 Å². The van der Waals surface area contributed by atoms with Crippen molar-refractivity contribution in [1.82, 2.24) is 9.88 Å². The van der Waals surface area contributed by atoms with Crippen molar-refractivity contribution in [3.8, 4) is 11.8 Å². The number of carbonyl (C=O) groups is 1. The van der Waals surface area contributed by atoms with Crippen LogP contribution in [0.25, 0.3) is 0 Å². The zero-order valence-corrected chi connectivity index (χ0v) is 16.3. The summed E-state index contributed by atoms with van der Waals surface area (Å²) in [7, 11) is 0. The zero-order chi connectivity index (χ0) is 20.1. The van der Waals surface area contributed by atoms with Crippen molar-refractivity contribution in [2.45, 2.75) is 18.9 Å². The Morgan fingerprint density at radius 1 is 1.21 bits per heavy atom. The van der Waals surface area contributed by atoms with Crippen LogP contribution in [0.2, 0.25) is 0 Å². The minimum absolute atomic E-state index is 0.0110. The summed E-state index contributed by atoms with van der Waals surface area (Å²) in [6.07, 6.45) is 3.99. The van der Waals surface area contributed by atoms with Crippen molar-refractivity contribution in [2.75, 3.05) is 44.3 Å². The molecule has 2 aliphatic heterocycles. The average molecular weight is 392 g/mol. The highest BCUT2D eigenvalue weighted by molar-refractivity contribution is 5.94. The second-order valence-corrected chi connectivity index (χ2v) is 7.24. The Morgan fingerprint density at radius 3 is 2.69 bits per heavy atom. The van der Waals surface area contributed by atoms with E-state index < -0.39 is 0 Å². The lowest BCUT2D eigenvalue weighted by Gasteiger charge is -2.35. The van der Waals surface area contributed by atoms with Gasteiger partial charge >= 0.3 is 0 Å². The van der Waals surface area contributed by atoms with Crippen molar-refractivity contribution >= 4 is 11.7 Å². The molecule has 7 heteroatoms. The van der Waals surface area contributed by atoms with Crippen LogP contribution in [-0.4, -0.2) is 61.3 Å². The van der Waals surface area contributed by atoms with E-state index in [1.807, 2.05) is 29.2 Å². The molecule has 0 N–H and O–H groups in total. The molecule has 1 aromatic heterocycles. The number of nitriles is 1. The second kappa shape index (κ2) is 8.93. The van der Waals surface area contributed by atoms with E-state index in [2.05, 4.69) is 16.0 Å². The molecule has 2 aliphatic rings. The summed E-state index contributed by atoms with van der Waals surface area (Å²) in [4.78, 5) is 21.1. The van der Waals surface area contributed by atoms with E-state index in [0.29, 0.717) is 49.7 Å². The molecule has 1 atom stereocenters. The highest BCUT2D eigenvalue weighted by atomic mass is 16.5. The molecule has 29 heavy (non-hydrogen) atoms. The number of benzene rings is 1. The third kappa shape index (κ3) is 4.49. The van der Waals surface area contributed by atoms with E-state index >= 15 is 0 Å². The summed E-state index contributed by atoms with van der Waals surface area (Å²) in [5, 5.41) is 9.26. The number of hydrogen-bond acceptors (Lipinski definition) is 6. The van der Waals surface area contributed by atoms with Gasteiger partial charge in [0.1, 0.15) is 24.2 Å². The van der Waals surface area contributed by atoms with Gasteiger partial charge < -0.3 is 19.3 Å². The van der Waals surface area contributed by atoms with Crippen LogP contribution in [-0.2, 0) is 4.74 Å². The van der Waals surface area contributed by atoms with E-state index in [9.17, 15) is 10.1 Å². The van der Waals surface area contributed by atoms with Gasteiger partial charge in [-0.15, -0.1) is 0 Å². The van der Waals surface area contributed by atoms with Crippen LogP contribution in [0.1, 0.15) is 28.8 Å². The van der Waals surface area contributed by atoms with E-state index in [1.54, 1.807) is 18.3 Å². The molecule has 150 valence electrons. The van der Waals surface area contributed by atoms with E-state index in [1.165, 1.54) is 0 Å². The molecule has 0 bridgehead atoms. The first-order valence-corrected chi connectivity index (χ1v) is 9.98. The molecule has 1 aromatic carbocycles. The molecule has 2 aromatic rings. The lowest BCUT2D eigenvalue weighted by molar-refractivity contribution is 0.0678. The van der Waals surface area contributed by atoms with Gasteiger partial charge in [-0.25, -0.2) is 4.98 Å². The normalized spacial score (nSPS) is 19.1. The average Bonchev–Trinajstić information content (AvgIpc) is 3.31. The predicted octanol–water partition coefficient (Wildman–Crippen LogP) is 2.47. The van der Waals surface area contributed by atoms with Crippen molar-refractivity contribution < 1.29 is 14.3 Å². The van der Waals surface area contributed by atoms with Crippen molar-refractivity contribution in [3.05, 3.63) is 53.7 Å². The number of ether oxygens (including phenoxy) is 2. The first-order chi connectivity index (χ1) is 14.2. The van der Waals surface area contributed by atoms with Crippen LogP contribution in [0.15, 0.2) is 42.6 Å². The molecule has 0 aliphatic carbocycles. The van der Waals surface area contributed by atoms with Crippen LogP contribution >= 0.6 is 0 Å². The number of rotatable bonds is 5. The first-order valence-electron chi connectivity index (χ1n) is 9.98. The van der Waals surface area contributed by atoms with Crippen LogP contribution in [0.5, 0.6) is 5.75 Å². The first kappa shape index (κ1) is 19.2. The molecule has 7 nitrogen and oxygen atoms in total. The maximum atomic E-state index is 12.8. The van der Waals surface area contributed by atoms with E-state index in [-0.39, 0.29) is 12.0 Å². The standard InChI is InChI=1S/C22H24N4O3/c23-15-18-3-1-9-24-21(18)25-10-12-26(13-11-25)22(27)17-5-7-19(8-6-17)29-16-20-4-2-14-28-20/h1,3,5-9,20H,2,4,10-14,16H2. The molecule has 0 saturated carbocycles. The van der Waals surface area contributed by atoms with Crippen molar-refractivity contribution in [3.63, 3.8) is 0 Å². The number of amides is 1. The number of anilines is 1. The third-order valence-electron chi connectivity index (χ3n) is 5.33. The van der Waals surface area contributed by atoms with Gasteiger partial charge in [-0.05, 0) is 49.2 Å². The predicted molar refractivity (Wildman–Crippen MR) is 108 cm³/mol. The largest absolute Gasteiger partial charge is 0.491 e. The highest BCUT2D eigenvalue weighted by Gasteiger charge is 2.24. The Labute approximate surface area is 170 Å². The van der Waals surface area contributed by atoms with E-state index in [0.717, 1.165) is 25.2 Å². The van der Waals surface area contributed by atoms with Gasteiger partial charge in [0.15, 0.2) is 0 Å². The smallest absolute Gasteiger partial charge is 0.253 e. The number of aromatic nitrogens is 1.